The Morgan fingerprint density at radius 2 is 1.71 bits per heavy atom. The van der Waals surface area contributed by atoms with E-state index < -0.39 is 0 Å². The lowest BCUT2D eigenvalue weighted by molar-refractivity contribution is 0.121. The van der Waals surface area contributed by atoms with Gasteiger partial charge in [0.25, 0.3) is 0 Å². The van der Waals surface area contributed by atoms with Crippen molar-refractivity contribution in [1.82, 2.24) is 14.7 Å². The second-order valence-corrected chi connectivity index (χ2v) is 5.41. The van der Waals surface area contributed by atoms with E-state index in [-0.39, 0.29) is 0 Å². The summed E-state index contributed by atoms with van der Waals surface area (Å²) < 4.78 is 0. The van der Waals surface area contributed by atoms with E-state index in [0.29, 0.717) is 6.61 Å². The number of hydrogen-bond donors (Lipinski definition) is 1. The maximum Gasteiger partial charge on any atom is 0.0558 e. The lowest BCUT2D eigenvalue weighted by atomic mass is 10.1. The van der Waals surface area contributed by atoms with E-state index in [2.05, 4.69) is 21.6 Å². The average Bonchev–Trinajstić information content (AvgIpc) is 2.78. The predicted octanol–water partition coefficient (Wildman–Crippen LogP) is -0.0619. The van der Waals surface area contributed by atoms with E-state index in [4.69, 9.17) is 5.11 Å². The zero-order valence-electron chi connectivity index (χ0n) is 11.1. The number of nitrogens with zero attached hydrogens (tertiary/aromatic N) is 3. The van der Waals surface area contributed by atoms with Crippen molar-refractivity contribution in [2.24, 2.45) is 5.92 Å². The SMILES string of the molecule is CCN1CCN(C[C@@H]2CCN(CCO)C2)CC1. The summed E-state index contributed by atoms with van der Waals surface area (Å²) in [6.45, 7) is 13.2. The molecule has 2 heterocycles. The van der Waals surface area contributed by atoms with Crippen molar-refractivity contribution in [3.8, 4) is 0 Å². The Morgan fingerprint density at radius 3 is 2.35 bits per heavy atom. The van der Waals surface area contributed by atoms with Crippen LogP contribution in [-0.4, -0.2) is 85.3 Å². The summed E-state index contributed by atoms with van der Waals surface area (Å²) in [5.41, 5.74) is 0. The van der Waals surface area contributed by atoms with Crippen LogP contribution in [0.3, 0.4) is 0 Å². The van der Waals surface area contributed by atoms with E-state index in [0.717, 1.165) is 12.5 Å². The zero-order chi connectivity index (χ0) is 12.1. The van der Waals surface area contributed by atoms with Crippen LogP contribution in [0.4, 0.5) is 0 Å². The topological polar surface area (TPSA) is 30.0 Å². The van der Waals surface area contributed by atoms with Gasteiger partial charge in [-0.15, -0.1) is 0 Å². The van der Waals surface area contributed by atoms with Gasteiger partial charge in [0.15, 0.2) is 0 Å². The Labute approximate surface area is 105 Å². The van der Waals surface area contributed by atoms with Crippen LogP contribution in [0.15, 0.2) is 0 Å². The van der Waals surface area contributed by atoms with E-state index in [1.54, 1.807) is 0 Å². The highest BCUT2D eigenvalue weighted by atomic mass is 16.3. The maximum absolute atomic E-state index is 8.93. The summed E-state index contributed by atoms with van der Waals surface area (Å²) in [5, 5.41) is 8.93. The molecule has 0 aliphatic carbocycles. The number of aliphatic hydroxyl groups is 1. The molecule has 0 aromatic heterocycles. The van der Waals surface area contributed by atoms with Crippen LogP contribution in [0.25, 0.3) is 0 Å². The number of rotatable bonds is 5. The van der Waals surface area contributed by atoms with Crippen LogP contribution in [-0.2, 0) is 0 Å². The van der Waals surface area contributed by atoms with Gasteiger partial charge in [0.05, 0.1) is 6.61 Å². The molecule has 2 aliphatic heterocycles. The van der Waals surface area contributed by atoms with Crippen molar-refractivity contribution in [3.05, 3.63) is 0 Å². The van der Waals surface area contributed by atoms with Crippen molar-refractivity contribution in [3.63, 3.8) is 0 Å². The van der Waals surface area contributed by atoms with Crippen molar-refractivity contribution in [2.45, 2.75) is 13.3 Å². The first-order valence-corrected chi connectivity index (χ1v) is 7.09. The Morgan fingerprint density at radius 1 is 1.00 bits per heavy atom. The van der Waals surface area contributed by atoms with Crippen LogP contribution in [0.1, 0.15) is 13.3 Å². The molecule has 2 aliphatic rings. The zero-order valence-corrected chi connectivity index (χ0v) is 11.1. The van der Waals surface area contributed by atoms with Gasteiger partial charge in [0.2, 0.25) is 0 Å². The minimum absolute atomic E-state index is 0.307. The average molecular weight is 241 g/mol. The number of hydrogen-bond acceptors (Lipinski definition) is 4. The summed E-state index contributed by atoms with van der Waals surface area (Å²) >= 11 is 0. The summed E-state index contributed by atoms with van der Waals surface area (Å²) in [4.78, 5) is 7.55. The first kappa shape index (κ1) is 13.3. The number of aliphatic hydroxyl groups excluding tert-OH is 1. The summed E-state index contributed by atoms with van der Waals surface area (Å²) in [7, 11) is 0. The molecule has 2 fully saturated rings. The number of piperazine rings is 1. The summed E-state index contributed by atoms with van der Waals surface area (Å²) in [6.07, 6.45) is 1.31. The van der Waals surface area contributed by atoms with Gasteiger partial charge in [-0.05, 0) is 25.4 Å². The first-order valence-electron chi connectivity index (χ1n) is 7.09. The van der Waals surface area contributed by atoms with Gasteiger partial charge in [-0.25, -0.2) is 0 Å². The highest BCUT2D eigenvalue weighted by Gasteiger charge is 2.25. The van der Waals surface area contributed by atoms with Crippen molar-refractivity contribution in [2.75, 3.05) is 65.5 Å². The van der Waals surface area contributed by atoms with Gasteiger partial charge in [-0.2, -0.15) is 0 Å². The Balaban J connectivity index is 1.65. The van der Waals surface area contributed by atoms with Crippen LogP contribution in [0, 0.1) is 5.92 Å². The molecule has 1 atom stereocenters. The fourth-order valence-electron chi connectivity index (χ4n) is 3.06. The van der Waals surface area contributed by atoms with Crippen molar-refractivity contribution >= 4 is 0 Å². The van der Waals surface area contributed by atoms with Crippen molar-refractivity contribution < 1.29 is 5.11 Å². The molecule has 2 rings (SSSR count). The lowest BCUT2D eigenvalue weighted by Gasteiger charge is -2.35. The summed E-state index contributed by atoms with van der Waals surface area (Å²) in [6, 6.07) is 0. The molecule has 17 heavy (non-hydrogen) atoms. The maximum atomic E-state index is 8.93. The summed E-state index contributed by atoms with van der Waals surface area (Å²) in [5.74, 6) is 0.828. The normalized spacial score (nSPS) is 28.9. The molecular weight excluding hydrogens is 214 g/mol. The largest absolute Gasteiger partial charge is 0.395 e. The van der Waals surface area contributed by atoms with Gasteiger partial charge in [0, 0.05) is 45.8 Å². The number of likely N-dealkylation sites (N-methyl/N-ethyl adjacent to an activating group) is 1. The molecular formula is C13H27N3O. The lowest BCUT2D eigenvalue weighted by Crippen LogP contribution is -2.47. The molecule has 4 nitrogen and oxygen atoms in total. The van der Waals surface area contributed by atoms with Crippen LogP contribution < -0.4 is 0 Å². The molecule has 0 saturated carbocycles. The quantitative estimate of drug-likeness (QED) is 0.730. The predicted molar refractivity (Wildman–Crippen MR) is 70.2 cm³/mol. The molecule has 0 bridgehead atoms. The fourth-order valence-corrected chi connectivity index (χ4v) is 3.06. The molecule has 2 saturated heterocycles. The number of β-amino-alcohol motifs (C(OH)–C–C–N with tert-alkyl or cyclic N) is 1. The Hall–Kier alpha value is -0.160. The van der Waals surface area contributed by atoms with E-state index in [1.807, 2.05) is 0 Å². The fraction of sp³-hybridized carbons (Fsp3) is 1.00. The van der Waals surface area contributed by atoms with E-state index in [1.165, 1.54) is 58.8 Å². The molecule has 100 valence electrons. The molecule has 0 amide bonds. The standard InChI is InChI=1S/C13H27N3O/c1-2-14-5-7-16(8-6-14)12-13-3-4-15(11-13)9-10-17/h13,17H,2-12H2,1H3/t13-/m1/s1. The van der Waals surface area contributed by atoms with E-state index in [9.17, 15) is 0 Å². The molecule has 0 unspecified atom stereocenters. The molecule has 0 radical (unpaired) electrons. The van der Waals surface area contributed by atoms with Crippen LogP contribution in [0.2, 0.25) is 0 Å². The Bertz CT molecular complexity index is 217. The second-order valence-electron chi connectivity index (χ2n) is 5.41. The molecule has 0 aromatic carbocycles. The van der Waals surface area contributed by atoms with Gasteiger partial charge < -0.3 is 19.8 Å². The van der Waals surface area contributed by atoms with Crippen LogP contribution >= 0.6 is 0 Å². The monoisotopic (exact) mass is 241 g/mol. The van der Waals surface area contributed by atoms with Crippen molar-refractivity contribution in [1.29, 1.82) is 0 Å². The molecule has 0 spiro atoms. The highest BCUT2D eigenvalue weighted by Crippen LogP contribution is 2.17. The highest BCUT2D eigenvalue weighted by molar-refractivity contribution is 4.80. The third-order valence-electron chi connectivity index (χ3n) is 4.21. The third kappa shape index (κ3) is 3.91. The smallest absolute Gasteiger partial charge is 0.0558 e. The molecule has 0 aromatic rings. The Kier molecular flexibility index (Phi) is 5.22. The van der Waals surface area contributed by atoms with Gasteiger partial charge in [-0.3, -0.25) is 0 Å². The minimum Gasteiger partial charge on any atom is -0.395 e. The van der Waals surface area contributed by atoms with Gasteiger partial charge in [-0.1, -0.05) is 6.92 Å². The second kappa shape index (κ2) is 6.69. The third-order valence-corrected chi connectivity index (χ3v) is 4.21. The molecule has 1 N–H and O–H groups in total. The molecule has 4 heteroatoms. The van der Waals surface area contributed by atoms with Gasteiger partial charge >= 0.3 is 0 Å². The van der Waals surface area contributed by atoms with E-state index >= 15 is 0 Å². The number of likely N-dealkylation sites (tertiary alicyclic amines) is 1. The van der Waals surface area contributed by atoms with Crippen LogP contribution in [0.5, 0.6) is 0 Å². The minimum atomic E-state index is 0.307. The first-order chi connectivity index (χ1) is 8.31. The van der Waals surface area contributed by atoms with Gasteiger partial charge in [0.1, 0.15) is 0 Å².